The number of hydrogen-bond donors (Lipinski definition) is 1. The van der Waals surface area contributed by atoms with Crippen LogP contribution in [0.1, 0.15) is 24.0 Å². The van der Waals surface area contributed by atoms with E-state index in [4.69, 9.17) is 16.7 Å². The summed E-state index contributed by atoms with van der Waals surface area (Å²) >= 11 is 5.90. The van der Waals surface area contributed by atoms with Gasteiger partial charge in [0, 0.05) is 11.1 Å². The molecule has 1 aliphatic rings. The van der Waals surface area contributed by atoms with Crippen LogP contribution < -0.4 is 0 Å². The monoisotopic (exact) mass is 222 g/mol. The fraction of sp³-hybridized carbons (Fsp3) is 0.250. The van der Waals surface area contributed by atoms with Crippen molar-refractivity contribution in [3.8, 4) is 0 Å². The van der Waals surface area contributed by atoms with E-state index in [1.165, 1.54) is 11.6 Å². The van der Waals surface area contributed by atoms with E-state index in [9.17, 15) is 4.79 Å². The second-order valence-corrected chi connectivity index (χ2v) is 4.10. The number of hydrogen-bond acceptors (Lipinski definition) is 1. The molecule has 0 saturated heterocycles. The Balaban J connectivity index is 2.49. The smallest absolute Gasteiger partial charge is 0.328 e. The fourth-order valence-electron chi connectivity index (χ4n) is 1.97. The van der Waals surface area contributed by atoms with Crippen LogP contribution >= 0.6 is 11.6 Å². The van der Waals surface area contributed by atoms with Crippen LogP contribution in [0.15, 0.2) is 24.3 Å². The first-order chi connectivity index (χ1) is 7.16. The molecule has 1 aliphatic carbocycles. The number of rotatable bonds is 1. The molecule has 0 saturated carbocycles. The molecule has 15 heavy (non-hydrogen) atoms. The van der Waals surface area contributed by atoms with E-state index in [0.717, 1.165) is 30.4 Å². The minimum absolute atomic E-state index is 0.659. The van der Waals surface area contributed by atoms with Gasteiger partial charge in [0.2, 0.25) is 0 Å². The van der Waals surface area contributed by atoms with Gasteiger partial charge in [-0.15, -0.1) is 0 Å². The predicted molar refractivity (Wildman–Crippen MR) is 60.0 cm³/mol. The zero-order valence-corrected chi connectivity index (χ0v) is 8.92. The maximum atomic E-state index is 10.7. The van der Waals surface area contributed by atoms with Crippen molar-refractivity contribution in [2.75, 3.05) is 0 Å². The third kappa shape index (κ3) is 2.21. The highest BCUT2D eigenvalue weighted by Gasteiger charge is 2.15. The van der Waals surface area contributed by atoms with Gasteiger partial charge in [0.15, 0.2) is 0 Å². The van der Waals surface area contributed by atoms with Gasteiger partial charge in [0.25, 0.3) is 0 Å². The molecule has 0 amide bonds. The molecular weight excluding hydrogens is 212 g/mol. The summed E-state index contributed by atoms with van der Waals surface area (Å²) in [6.07, 6.45) is 4.12. The van der Waals surface area contributed by atoms with E-state index >= 15 is 0 Å². The molecule has 2 rings (SSSR count). The lowest BCUT2D eigenvalue weighted by atomic mass is 9.87. The van der Waals surface area contributed by atoms with E-state index in [0.29, 0.717) is 5.02 Å². The van der Waals surface area contributed by atoms with Gasteiger partial charge in [0.1, 0.15) is 0 Å². The van der Waals surface area contributed by atoms with Gasteiger partial charge in [-0.25, -0.2) is 4.79 Å². The summed E-state index contributed by atoms with van der Waals surface area (Å²) in [6.45, 7) is 0. The van der Waals surface area contributed by atoms with Crippen LogP contribution in [0.2, 0.25) is 5.02 Å². The normalized spacial score (nSPS) is 17.5. The first-order valence-corrected chi connectivity index (χ1v) is 5.27. The zero-order chi connectivity index (χ0) is 10.8. The van der Waals surface area contributed by atoms with Crippen LogP contribution in [0.5, 0.6) is 0 Å². The standard InChI is InChI=1S/C12H11ClO2/c13-10-5-4-8-2-1-3-9(6-12(14)15)11(8)7-10/h4-7H,1-3H2,(H,14,15)/b9-6+. The molecule has 1 aromatic carbocycles. The van der Waals surface area contributed by atoms with Gasteiger partial charge in [-0.2, -0.15) is 0 Å². The molecule has 0 unspecified atom stereocenters. The molecule has 0 spiro atoms. The second kappa shape index (κ2) is 4.07. The van der Waals surface area contributed by atoms with Crippen molar-refractivity contribution in [1.29, 1.82) is 0 Å². The summed E-state index contributed by atoms with van der Waals surface area (Å²) in [5.41, 5.74) is 3.07. The third-order valence-corrected chi connectivity index (χ3v) is 2.84. The number of carboxylic acid groups (broad SMARTS) is 1. The summed E-state index contributed by atoms with van der Waals surface area (Å²) in [7, 11) is 0. The molecule has 0 atom stereocenters. The van der Waals surface area contributed by atoms with Crippen LogP contribution in [0.3, 0.4) is 0 Å². The van der Waals surface area contributed by atoms with E-state index < -0.39 is 5.97 Å². The first-order valence-electron chi connectivity index (χ1n) is 4.89. The van der Waals surface area contributed by atoms with Crippen molar-refractivity contribution in [2.45, 2.75) is 19.3 Å². The van der Waals surface area contributed by atoms with Crippen LogP contribution in [0, 0.1) is 0 Å². The zero-order valence-electron chi connectivity index (χ0n) is 8.16. The van der Waals surface area contributed by atoms with E-state index in [1.54, 1.807) is 0 Å². The Bertz CT molecular complexity index is 435. The van der Waals surface area contributed by atoms with Crippen molar-refractivity contribution >= 4 is 23.1 Å². The Morgan fingerprint density at radius 3 is 2.93 bits per heavy atom. The lowest BCUT2D eigenvalue weighted by Gasteiger charge is -2.18. The quantitative estimate of drug-likeness (QED) is 0.742. The fourth-order valence-corrected chi connectivity index (χ4v) is 2.14. The average molecular weight is 223 g/mol. The van der Waals surface area contributed by atoms with Gasteiger partial charge >= 0.3 is 5.97 Å². The average Bonchev–Trinajstić information content (AvgIpc) is 2.18. The Hall–Kier alpha value is -1.28. The van der Waals surface area contributed by atoms with Gasteiger partial charge < -0.3 is 5.11 Å². The molecule has 1 N–H and O–H groups in total. The molecule has 3 heteroatoms. The summed E-state index contributed by atoms with van der Waals surface area (Å²) in [5.74, 6) is -0.891. The van der Waals surface area contributed by atoms with Crippen molar-refractivity contribution in [3.63, 3.8) is 0 Å². The maximum absolute atomic E-state index is 10.7. The molecule has 0 heterocycles. The first kappa shape index (κ1) is 10.2. The molecule has 0 radical (unpaired) electrons. The number of allylic oxidation sites excluding steroid dienone is 1. The number of carbonyl (C=O) groups is 1. The van der Waals surface area contributed by atoms with E-state index in [2.05, 4.69) is 0 Å². The summed E-state index contributed by atoms with van der Waals surface area (Å²) in [6, 6.07) is 5.68. The van der Waals surface area contributed by atoms with Gasteiger partial charge in [-0.3, -0.25) is 0 Å². The van der Waals surface area contributed by atoms with Gasteiger partial charge in [0.05, 0.1) is 0 Å². The van der Waals surface area contributed by atoms with Gasteiger partial charge in [-0.1, -0.05) is 17.7 Å². The van der Waals surface area contributed by atoms with Crippen LogP contribution in [0.25, 0.3) is 5.57 Å². The highest BCUT2D eigenvalue weighted by Crippen LogP contribution is 2.32. The number of halogens is 1. The number of carboxylic acids is 1. The maximum Gasteiger partial charge on any atom is 0.328 e. The predicted octanol–water partition coefficient (Wildman–Crippen LogP) is 3.14. The number of benzene rings is 1. The molecule has 0 aliphatic heterocycles. The Kier molecular flexibility index (Phi) is 2.78. The van der Waals surface area contributed by atoms with E-state index in [1.807, 2.05) is 18.2 Å². The SMILES string of the molecule is O=C(O)/C=C1\CCCc2ccc(Cl)cc21. The highest BCUT2D eigenvalue weighted by atomic mass is 35.5. The summed E-state index contributed by atoms with van der Waals surface area (Å²) in [5, 5.41) is 9.41. The number of aryl methyl sites for hydroxylation is 1. The van der Waals surface area contributed by atoms with E-state index in [-0.39, 0.29) is 0 Å². The van der Waals surface area contributed by atoms with Crippen molar-refractivity contribution < 1.29 is 9.90 Å². The topological polar surface area (TPSA) is 37.3 Å². The third-order valence-electron chi connectivity index (χ3n) is 2.61. The molecule has 0 bridgehead atoms. The Labute approximate surface area is 93.2 Å². The molecular formula is C12H11ClO2. The van der Waals surface area contributed by atoms with Gasteiger partial charge in [-0.05, 0) is 48.1 Å². The largest absolute Gasteiger partial charge is 0.478 e. The minimum atomic E-state index is -0.891. The number of fused-ring (bicyclic) bond motifs is 1. The lowest BCUT2D eigenvalue weighted by Crippen LogP contribution is -2.03. The summed E-state index contributed by atoms with van der Waals surface area (Å²) < 4.78 is 0. The van der Waals surface area contributed by atoms with Crippen LogP contribution in [0.4, 0.5) is 0 Å². The molecule has 78 valence electrons. The van der Waals surface area contributed by atoms with Crippen molar-refractivity contribution in [1.82, 2.24) is 0 Å². The lowest BCUT2D eigenvalue weighted by molar-refractivity contribution is -0.131. The summed E-state index contributed by atoms with van der Waals surface area (Å²) in [4.78, 5) is 10.7. The molecule has 1 aromatic rings. The Morgan fingerprint density at radius 2 is 2.20 bits per heavy atom. The minimum Gasteiger partial charge on any atom is -0.478 e. The molecule has 0 aromatic heterocycles. The molecule has 0 fully saturated rings. The van der Waals surface area contributed by atoms with Crippen LogP contribution in [-0.2, 0) is 11.2 Å². The second-order valence-electron chi connectivity index (χ2n) is 3.66. The highest BCUT2D eigenvalue weighted by molar-refractivity contribution is 6.30. The van der Waals surface area contributed by atoms with Crippen molar-refractivity contribution in [2.24, 2.45) is 0 Å². The van der Waals surface area contributed by atoms with Crippen molar-refractivity contribution in [3.05, 3.63) is 40.4 Å². The Morgan fingerprint density at radius 1 is 1.40 bits per heavy atom. The molecule has 2 nitrogen and oxygen atoms in total. The number of aliphatic carboxylic acids is 1. The van der Waals surface area contributed by atoms with Crippen LogP contribution in [-0.4, -0.2) is 11.1 Å².